The quantitative estimate of drug-likeness (QED) is 0.395. The van der Waals surface area contributed by atoms with E-state index in [1.165, 1.54) is 16.7 Å². The predicted molar refractivity (Wildman–Crippen MR) is 122 cm³/mol. The molecule has 1 N–H and O–H groups in total. The zero-order valence-electron chi connectivity index (χ0n) is 16.4. The average molecular weight is 433 g/mol. The Labute approximate surface area is 176 Å². The molecule has 0 amide bonds. The lowest BCUT2D eigenvalue weighted by atomic mass is 9.96. The summed E-state index contributed by atoms with van der Waals surface area (Å²) >= 11 is 0. The van der Waals surface area contributed by atoms with Crippen LogP contribution in [-0.2, 0) is 0 Å². The van der Waals surface area contributed by atoms with Gasteiger partial charge in [-0.25, -0.2) is 0 Å². The van der Waals surface area contributed by atoms with Crippen molar-refractivity contribution in [1.29, 1.82) is 5.41 Å². The van der Waals surface area contributed by atoms with Crippen LogP contribution in [0.4, 0.5) is 0 Å². The highest BCUT2D eigenvalue weighted by molar-refractivity contribution is 8.93. The van der Waals surface area contributed by atoms with E-state index in [9.17, 15) is 0 Å². The molecule has 28 heavy (non-hydrogen) atoms. The first-order valence-electron chi connectivity index (χ1n) is 9.33. The van der Waals surface area contributed by atoms with Crippen molar-refractivity contribution in [3.63, 3.8) is 0 Å². The maximum absolute atomic E-state index is 8.63. The van der Waals surface area contributed by atoms with E-state index in [1.807, 2.05) is 6.92 Å². The van der Waals surface area contributed by atoms with Crippen LogP contribution in [0.2, 0.25) is 0 Å². The average Bonchev–Trinajstić information content (AvgIpc) is 2.67. The first-order chi connectivity index (χ1) is 13.1. The number of fused-ring (bicyclic) bond motifs is 1. The number of nitrogens with zero attached hydrogens (tertiary/aromatic N) is 1. The van der Waals surface area contributed by atoms with Crippen molar-refractivity contribution >= 4 is 27.9 Å². The van der Waals surface area contributed by atoms with Crippen molar-refractivity contribution in [2.24, 2.45) is 0 Å². The Hall–Kier alpha value is -2.65. The molecule has 0 aliphatic heterocycles. The Kier molecular flexibility index (Phi) is 5.85. The molecule has 1 heterocycles. The SMILES string of the molecule is Br.Cc1cc(C)c2c(=N)c(C)cn(C(c3ccccc3)c3ccccc3)c2c1. The number of halogens is 1. The maximum atomic E-state index is 8.63. The van der Waals surface area contributed by atoms with Gasteiger partial charge in [-0.15, -0.1) is 17.0 Å². The van der Waals surface area contributed by atoms with Crippen LogP contribution in [0.15, 0.2) is 79.0 Å². The van der Waals surface area contributed by atoms with E-state index in [-0.39, 0.29) is 23.0 Å². The second-order valence-corrected chi connectivity index (χ2v) is 7.29. The fourth-order valence-corrected chi connectivity index (χ4v) is 4.01. The van der Waals surface area contributed by atoms with Crippen LogP contribution in [-0.4, -0.2) is 4.57 Å². The van der Waals surface area contributed by atoms with Gasteiger partial charge in [0.15, 0.2) is 0 Å². The number of hydrogen-bond donors (Lipinski definition) is 1. The summed E-state index contributed by atoms with van der Waals surface area (Å²) in [6, 6.07) is 25.7. The third-order valence-corrected chi connectivity index (χ3v) is 5.22. The first kappa shape index (κ1) is 20.1. The molecule has 4 aromatic rings. The first-order valence-corrected chi connectivity index (χ1v) is 9.33. The molecule has 0 fully saturated rings. The van der Waals surface area contributed by atoms with Crippen molar-refractivity contribution in [2.45, 2.75) is 26.8 Å². The topological polar surface area (TPSA) is 28.8 Å². The second kappa shape index (κ2) is 8.15. The van der Waals surface area contributed by atoms with E-state index in [0.717, 1.165) is 22.0 Å². The number of nitrogens with one attached hydrogen (secondary N) is 1. The molecule has 0 saturated heterocycles. The van der Waals surface area contributed by atoms with E-state index < -0.39 is 0 Å². The van der Waals surface area contributed by atoms with Gasteiger partial charge in [0.1, 0.15) is 0 Å². The number of benzene rings is 3. The molecule has 3 heteroatoms. The molecule has 1 aromatic heterocycles. The highest BCUT2D eigenvalue weighted by Crippen LogP contribution is 2.30. The Morgan fingerprint density at radius 2 is 1.29 bits per heavy atom. The van der Waals surface area contributed by atoms with Gasteiger partial charge in [-0.3, -0.25) is 5.41 Å². The molecule has 2 nitrogen and oxygen atoms in total. The van der Waals surface area contributed by atoms with Crippen molar-refractivity contribution in [2.75, 3.05) is 0 Å². The maximum Gasteiger partial charge on any atom is 0.0839 e. The van der Waals surface area contributed by atoms with Crippen LogP contribution >= 0.6 is 17.0 Å². The number of pyridine rings is 1. The standard InChI is InChI=1S/C25H24N2.BrH/c1-17-14-18(2)23-22(15-17)27(16-19(3)24(23)26)25(20-10-6-4-7-11-20)21-12-8-5-9-13-21;/h4-16,25-26H,1-3H3;1H. The normalized spacial score (nSPS) is 10.9. The van der Waals surface area contributed by atoms with E-state index in [4.69, 9.17) is 5.41 Å². The van der Waals surface area contributed by atoms with E-state index in [0.29, 0.717) is 5.36 Å². The van der Waals surface area contributed by atoms with Crippen LogP contribution in [0.5, 0.6) is 0 Å². The third-order valence-electron chi connectivity index (χ3n) is 5.22. The van der Waals surface area contributed by atoms with Crippen molar-refractivity contribution in [1.82, 2.24) is 4.57 Å². The van der Waals surface area contributed by atoms with Crippen molar-refractivity contribution in [3.8, 4) is 0 Å². The summed E-state index contributed by atoms with van der Waals surface area (Å²) in [5.41, 5.74) is 6.97. The Morgan fingerprint density at radius 3 is 1.82 bits per heavy atom. The van der Waals surface area contributed by atoms with Crippen molar-refractivity contribution < 1.29 is 0 Å². The molecule has 0 aliphatic carbocycles. The summed E-state index contributed by atoms with van der Waals surface area (Å²) in [7, 11) is 0. The zero-order valence-corrected chi connectivity index (χ0v) is 18.2. The zero-order chi connectivity index (χ0) is 19.0. The summed E-state index contributed by atoms with van der Waals surface area (Å²) in [4.78, 5) is 0. The molecule has 4 rings (SSSR count). The van der Waals surface area contributed by atoms with Gasteiger partial charge in [0.25, 0.3) is 0 Å². The van der Waals surface area contributed by atoms with Gasteiger partial charge in [-0.2, -0.15) is 0 Å². The fraction of sp³-hybridized carbons (Fsp3) is 0.160. The largest absolute Gasteiger partial charge is 0.335 e. The van der Waals surface area contributed by atoms with Gasteiger partial charge in [0, 0.05) is 11.6 Å². The number of aryl methyl sites for hydroxylation is 3. The summed E-state index contributed by atoms with van der Waals surface area (Å²) in [5, 5.41) is 10.3. The lowest BCUT2D eigenvalue weighted by molar-refractivity contribution is 0.693. The Bertz CT molecular complexity index is 1120. The molecular formula is C25H25BrN2. The summed E-state index contributed by atoms with van der Waals surface area (Å²) in [6.07, 6.45) is 2.13. The molecule has 0 saturated carbocycles. The van der Waals surface area contributed by atoms with Gasteiger partial charge in [-0.05, 0) is 54.7 Å². The molecule has 3 aromatic carbocycles. The molecule has 0 spiro atoms. The van der Waals surface area contributed by atoms with Crippen LogP contribution in [0, 0.1) is 26.2 Å². The van der Waals surface area contributed by atoms with Crippen LogP contribution < -0.4 is 5.36 Å². The van der Waals surface area contributed by atoms with Gasteiger partial charge in [-0.1, -0.05) is 66.7 Å². The summed E-state index contributed by atoms with van der Waals surface area (Å²) < 4.78 is 2.34. The Morgan fingerprint density at radius 1 is 0.750 bits per heavy atom. The van der Waals surface area contributed by atoms with Gasteiger partial charge < -0.3 is 4.57 Å². The fourth-order valence-electron chi connectivity index (χ4n) is 4.01. The second-order valence-electron chi connectivity index (χ2n) is 7.29. The van der Waals surface area contributed by atoms with Crippen LogP contribution in [0.1, 0.15) is 33.9 Å². The van der Waals surface area contributed by atoms with E-state index in [1.54, 1.807) is 0 Å². The summed E-state index contributed by atoms with van der Waals surface area (Å²) in [6.45, 7) is 6.27. The predicted octanol–water partition coefficient (Wildman–Crippen LogP) is 6.26. The minimum atomic E-state index is 0. The number of hydrogen-bond acceptors (Lipinski definition) is 1. The highest BCUT2D eigenvalue weighted by atomic mass is 79.9. The molecule has 142 valence electrons. The van der Waals surface area contributed by atoms with Gasteiger partial charge in [0.2, 0.25) is 0 Å². The molecule has 0 unspecified atom stereocenters. The molecule has 0 bridgehead atoms. The minimum Gasteiger partial charge on any atom is -0.335 e. The van der Waals surface area contributed by atoms with Gasteiger partial charge >= 0.3 is 0 Å². The van der Waals surface area contributed by atoms with Crippen LogP contribution in [0.3, 0.4) is 0 Å². The van der Waals surface area contributed by atoms with Crippen molar-refractivity contribution in [3.05, 3.63) is 112 Å². The lowest BCUT2D eigenvalue weighted by Crippen LogP contribution is -2.19. The molecular weight excluding hydrogens is 408 g/mol. The number of aromatic nitrogens is 1. The Balaban J connectivity index is 0.00000225. The highest BCUT2D eigenvalue weighted by Gasteiger charge is 2.19. The monoisotopic (exact) mass is 432 g/mol. The van der Waals surface area contributed by atoms with E-state index >= 15 is 0 Å². The molecule has 0 atom stereocenters. The summed E-state index contributed by atoms with van der Waals surface area (Å²) in [5.74, 6) is 0. The lowest BCUT2D eigenvalue weighted by Gasteiger charge is -2.25. The van der Waals surface area contributed by atoms with E-state index in [2.05, 4.69) is 97.4 Å². The molecule has 0 radical (unpaired) electrons. The number of rotatable bonds is 3. The minimum absolute atomic E-state index is 0. The smallest absolute Gasteiger partial charge is 0.0839 e. The van der Waals surface area contributed by atoms with Crippen LogP contribution in [0.25, 0.3) is 10.9 Å². The molecule has 0 aliphatic rings. The third kappa shape index (κ3) is 3.55. The van der Waals surface area contributed by atoms with Gasteiger partial charge in [0.05, 0.1) is 16.9 Å².